The van der Waals surface area contributed by atoms with E-state index in [0.29, 0.717) is 6.54 Å². The summed E-state index contributed by atoms with van der Waals surface area (Å²) in [6.07, 6.45) is 4.29. The fourth-order valence-electron chi connectivity index (χ4n) is 3.04. The average molecular weight is 334 g/mol. The van der Waals surface area contributed by atoms with Gasteiger partial charge in [0, 0.05) is 59.3 Å². The minimum Gasteiger partial charge on any atom is -0.375 e. The van der Waals surface area contributed by atoms with Crippen LogP contribution in [0.3, 0.4) is 0 Å². The molecule has 7 nitrogen and oxygen atoms in total. The highest BCUT2D eigenvalue weighted by atomic mass is 16.5. The van der Waals surface area contributed by atoms with Crippen LogP contribution >= 0.6 is 0 Å². The molecule has 24 heavy (non-hydrogen) atoms. The number of piperidine rings is 1. The zero-order valence-corrected chi connectivity index (χ0v) is 14.6. The molecule has 0 aromatic carbocycles. The molecule has 0 spiro atoms. The van der Waals surface area contributed by atoms with Crippen molar-refractivity contribution in [1.29, 1.82) is 0 Å². The third-order valence-corrected chi connectivity index (χ3v) is 4.23. The molecule has 0 unspecified atom stereocenters. The lowest BCUT2D eigenvalue weighted by Gasteiger charge is -2.39. The van der Waals surface area contributed by atoms with Crippen LogP contribution in [0.4, 0.5) is 0 Å². The summed E-state index contributed by atoms with van der Waals surface area (Å²) in [7, 11) is 4.98. The zero-order valence-electron chi connectivity index (χ0n) is 14.6. The topological polar surface area (TPSA) is 74.8 Å². The number of nitrogens with one attached hydrogen (secondary N) is 1. The SMILES string of the molecule is COCC(=O)N[C@@H]1CCN(Cc2ccncc2)C[C@@H]1C(=O)N(C)C. The molecular formula is C17H26N4O3. The fraction of sp³-hybridized carbons (Fsp3) is 0.588. The molecule has 1 aromatic rings. The van der Waals surface area contributed by atoms with Crippen molar-refractivity contribution in [2.24, 2.45) is 5.92 Å². The van der Waals surface area contributed by atoms with E-state index in [0.717, 1.165) is 19.5 Å². The second kappa shape index (κ2) is 8.75. The second-order valence-corrected chi connectivity index (χ2v) is 6.33. The highest BCUT2D eigenvalue weighted by molar-refractivity contribution is 5.82. The predicted molar refractivity (Wildman–Crippen MR) is 90.1 cm³/mol. The fourth-order valence-corrected chi connectivity index (χ4v) is 3.04. The lowest BCUT2D eigenvalue weighted by atomic mass is 9.90. The number of likely N-dealkylation sites (tertiary alicyclic amines) is 1. The van der Waals surface area contributed by atoms with Gasteiger partial charge in [-0.05, 0) is 24.1 Å². The number of amides is 2. The monoisotopic (exact) mass is 334 g/mol. The van der Waals surface area contributed by atoms with Crippen molar-refractivity contribution >= 4 is 11.8 Å². The maximum atomic E-state index is 12.6. The molecule has 0 bridgehead atoms. The Hall–Kier alpha value is -1.99. The molecule has 1 aromatic heterocycles. The van der Waals surface area contributed by atoms with Crippen LogP contribution in [-0.4, -0.2) is 73.5 Å². The lowest BCUT2D eigenvalue weighted by Crippen LogP contribution is -2.55. The number of methoxy groups -OCH3 is 1. The van der Waals surface area contributed by atoms with Crippen molar-refractivity contribution in [1.82, 2.24) is 20.1 Å². The van der Waals surface area contributed by atoms with Gasteiger partial charge in [0.05, 0.1) is 5.92 Å². The third-order valence-electron chi connectivity index (χ3n) is 4.23. The summed E-state index contributed by atoms with van der Waals surface area (Å²) in [6.45, 7) is 2.24. The Morgan fingerprint density at radius 3 is 2.71 bits per heavy atom. The molecule has 7 heteroatoms. The molecule has 1 N–H and O–H groups in total. The van der Waals surface area contributed by atoms with E-state index in [1.807, 2.05) is 12.1 Å². The molecular weight excluding hydrogens is 308 g/mol. The van der Waals surface area contributed by atoms with E-state index in [9.17, 15) is 9.59 Å². The van der Waals surface area contributed by atoms with Gasteiger partial charge in [-0.3, -0.25) is 19.5 Å². The van der Waals surface area contributed by atoms with Crippen LogP contribution in [0.25, 0.3) is 0 Å². The number of hydrogen-bond donors (Lipinski definition) is 1. The van der Waals surface area contributed by atoms with Crippen molar-refractivity contribution in [2.75, 3.05) is 40.9 Å². The van der Waals surface area contributed by atoms with Crippen LogP contribution in [0.2, 0.25) is 0 Å². The van der Waals surface area contributed by atoms with Gasteiger partial charge < -0.3 is 15.0 Å². The van der Waals surface area contributed by atoms with Crippen LogP contribution in [0.1, 0.15) is 12.0 Å². The van der Waals surface area contributed by atoms with Crippen molar-refractivity contribution in [2.45, 2.75) is 19.0 Å². The predicted octanol–water partition coefficient (Wildman–Crippen LogP) is 0.123. The van der Waals surface area contributed by atoms with Gasteiger partial charge in [-0.1, -0.05) is 0 Å². The minimum absolute atomic E-state index is 0.0140. The highest BCUT2D eigenvalue weighted by Gasteiger charge is 2.36. The largest absolute Gasteiger partial charge is 0.375 e. The Kier molecular flexibility index (Phi) is 6.69. The molecule has 1 aliphatic heterocycles. The van der Waals surface area contributed by atoms with E-state index in [-0.39, 0.29) is 30.4 Å². The van der Waals surface area contributed by atoms with Gasteiger partial charge in [0.2, 0.25) is 11.8 Å². The molecule has 2 amide bonds. The molecule has 2 atom stereocenters. The summed E-state index contributed by atoms with van der Waals surface area (Å²) < 4.78 is 4.86. The molecule has 2 heterocycles. The Morgan fingerprint density at radius 1 is 1.38 bits per heavy atom. The number of rotatable bonds is 6. The van der Waals surface area contributed by atoms with Gasteiger partial charge in [-0.15, -0.1) is 0 Å². The van der Waals surface area contributed by atoms with E-state index in [4.69, 9.17) is 4.74 Å². The molecule has 2 rings (SSSR count). The van der Waals surface area contributed by atoms with E-state index < -0.39 is 0 Å². The van der Waals surface area contributed by atoms with E-state index in [2.05, 4.69) is 15.2 Å². The molecule has 1 fully saturated rings. The van der Waals surface area contributed by atoms with Gasteiger partial charge in [-0.25, -0.2) is 0 Å². The lowest BCUT2D eigenvalue weighted by molar-refractivity contribution is -0.137. The smallest absolute Gasteiger partial charge is 0.246 e. The van der Waals surface area contributed by atoms with Gasteiger partial charge in [0.15, 0.2) is 0 Å². The van der Waals surface area contributed by atoms with Crippen LogP contribution in [0.5, 0.6) is 0 Å². The normalized spacial score (nSPS) is 21.3. The number of carbonyl (C=O) groups excluding carboxylic acids is 2. The van der Waals surface area contributed by atoms with Crippen LogP contribution in [-0.2, 0) is 20.9 Å². The van der Waals surface area contributed by atoms with Crippen LogP contribution in [0.15, 0.2) is 24.5 Å². The molecule has 1 saturated heterocycles. The summed E-state index contributed by atoms with van der Waals surface area (Å²) in [4.78, 5) is 32.3. The summed E-state index contributed by atoms with van der Waals surface area (Å²) in [5.41, 5.74) is 1.17. The van der Waals surface area contributed by atoms with E-state index in [1.165, 1.54) is 12.7 Å². The number of hydrogen-bond acceptors (Lipinski definition) is 5. The first-order valence-electron chi connectivity index (χ1n) is 8.12. The Labute approximate surface area is 143 Å². The molecule has 0 saturated carbocycles. The first-order valence-corrected chi connectivity index (χ1v) is 8.12. The highest BCUT2D eigenvalue weighted by Crippen LogP contribution is 2.21. The standard InChI is InChI=1S/C17H26N4O3/c1-20(2)17(23)14-11-21(10-13-4-7-18-8-5-13)9-6-15(14)19-16(22)12-24-3/h4-5,7-8,14-15H,6,9-12H2,1-3H3,(H,19,22)/t14-,15+/m0/s1. The van der Waals surface area contributed by atoms with Gasteiger partial charge in [0.25, 0.3) is 0 Å². The summed E-state index contributed by atoms with van der Waals surface area (Å²) in [5, 5.41) is 2.94. The maximum Gasteiger partial charge on any atom is 0.246 e. The molecule has 0 radical (unpaired) electrons. The average Bonchev–Trinajstić information content (AvgIpc) is 2.56. The number of aromatic nitrogens is 1. The van der Waals surface area contributed by atoms with Gasteiger partial charge in [0.1, 0.15) is 6.61 Å². The second-order valence-electron chi connectivity index (χ2n) is 6.33. The number of nitrogens with zero attached hydrogens (tertiary/aromatic N) is 3. The van der Waals surface area contributed by atoms with E-state index in [1.54, 1.807) is 31.4 Å². The first kappa shape index (κ1) is 18.4. The molecule has 132 valence electrons. The van der Waals surface area contributed by atoms with Crippen molar-refractivity contribution in [3.63, 3.8) is 0 Å². The number of ether oxygens (including phenoxy) is 1. The minimum atomic E-state index is -0.253. The van der Waals surface area contributed by atoms with Crippen molar-refractivity contribution in [3.8, 4) is 0 Å². The van der Waals surface area contributed by atoms with Crippen LogP contribution < -0.4 is 5.32 Å². The quantitative estimate of drug-likeness (QED) is 0.800. The summed E-state index contributed by atoms with van der Waals surface area (Å²) in [6, 6.07) is 3.81. The summed E-state index contributed by atoms with van der Waals surface area (Å²) >= 11 is 0. The first-order chi connectivity index (χ1) is 11.5. The molecule has 1 aliphatic rings. The summed E-state index contributed by atoms with van der Waals surface area (Å²) in [5.74, 6) is -0.393. The Morgan fingerprint density at radius 2 is 2.08 bits per heavy atom. The molecule has 0 aliphatic carbocycles. The van der Waals surface area contributed by atoms with E-state index >= 15 is 0 Å². The van der Waals surface area contributed by atoms with Gasteiger partial charge in [-0.2, -0.15) is 0 Å². The number of pyridine rings is 1. The zero-order chi connectivity index (χ0) is 17.5. The van der Waals surface area contributed by atoms with Crippen LogP contribution in [0, 0.1) is 5.92 Å². The van der Waals surface area contributed by atoms with Crippen molar-refractivity contribution < 1.29 is 14.3 Å². The Bertz CT molecular complexity index is 550. The van der Waals surface area contributed by atoms with Crippen molar-refractivity contribution in [3.05, 3.63) is 30.1 Å². The number of carbonyl (C=O) groups is 2. The third kappa shape index (κ3) is 5.01. The Balaban J connectivity index is 2.04. The maximum absolute atomic E-state index is 12.6. The van der Waals surface area contributed by atoms with Gasteiger partial charge >= 0.3 is 0 Å².